The maximum absolute atomic E-state index is 11.5. The first-order valence-corrected chi connectivity index (χ1v) is 5.73. The fraction of sp³-hybridized carbons (Fsp3) is 0.308. The summed E-state index contributed by atoms with van der Waals surface area (Å²) in [6.45, 7) is 2.01. The van der Waals surface area contributed by atoms with E-state index in [2.05, 4.69) is 0 Å². The van der Waals surface area contributed by atoms with Crippen molar-refractivity contribution < 1.29 is 10.0 Å². The number of hydrogen-bond donors (Lipinski definition) is 2. The molecule has 1 heterocycles. The van der Waals surface area contributed by atoms with Crippen molar-refractivity contribution >= 4 is 16.8 Å². The molecular weight excluding hydrogens is 216 g/mol. The molecule has 0 saturated heterocycles. The number of rotatable bonds is 4. The van der Waals surface area contributed by atoms with Crippen LogP contribution in [0.25, 0.3) is 10.9 Å². The van der Waals surface area contributed by atoms with E-state index in [0.717, 1.165) is 22.1 Å². The van der Waals surface area contributed by atoms with Crippen molar-refractivity contribution in [1.82, 2.24) is 4.73 Å². The number of nitrogens with zero attached hydrogens (tertiary/aromatic N) is 1. The molecule has 2 aromatic rings. The van der Waals surface area contributed by atoms with Gasteiger partial charge in [0.1, 0.15) is 0 Å². The minimum atomic E-state index is -0.344. The van der Waals surface area contributed by atoms with Crippen LogP contribution < -0.4 is 5.73 Å². The first-order chi connectivity index (χ1) is 8.15. The number of carbonyl (C=O) groups is 1. The molecule has 17 heavy (non-hydrogen) atoms. The molecule has 4 nitrogen and oxygen atoms in total. The van der Waals surface area contributed by atoms with Crippen LogP contribution in [0.15, 0.2) is 30.5 Å². The van der Waals surface area contributed by atoms with Gasteiger partial charge in [-0.25, -0.2) is 0 Å². The summed E-state index contributed by atoms with van der Waals surface area (Å²) < 4.78 is 1.05. The van der Waals surface area contributed by atoms with Crippen molar-refractivity contribution in [1.29, 1.82) is 0 Å². The van der Waals surface area contributed by atoms with Crippen molar-refractivity contribution in [3.05, 3.63) is 36.0 Å². The number of carbonyl (C=O) groups excluding carboxylic acids is 1. The van der Waals surface area contributed by atoms with Gasteiger partial charge in [0.05, 0.1) is 11.4 Å². The molecule has 90 valence electrons. The Bertz CT molecular complexity index is 545. The molecule has 0 fully saturated rings. The molecule has 0 saturated carbocycles. The van der Waals surface area contributed by atoms with Gasteiger partial charge in [-0.2, -0.15) is 4.73 Å². The van der Waals surface area contributed by atoms with E-state index in [1.54, 1.807) is 6.20 Å². The molecule has 0 spiro atoms. The van der Waals surface area contributed by atoms with E-state index in [1.165, 1.54) is 0 Å². The van der Waals surface area contributed by atoms with Gasteiger partial charge in [-0.3, -0.25) is 4.79 Å². The minimum absolute atomic E-state index is 0.335. The van der Waals surface area contributed by atoms with Crippen molar-refractivity contribution in [2.24, 2.45) is 5.73 Å². The zero-order chi connectivity index (χ0) is 12.4. The molecule has 1 aromatic heterocycles. The average molecular weight is 232 g/mol. The normalized spacial score (nSPS) is 12.8. The Morgan fingerprint density at radius 3 is 2.82 bits per heavy atom. The lowest BCUT2D eigenvalue weighted by molar-refractivity contribution is -0.119. The number of amides is 1. The largest absolute Gasteiger partial charge is 0.428 e. The smallest absolute Gasteiger partial charge is 0.225 e. The molecule has 0 aliphatic rings. The maximum atomic E-state index is 11.5. The summed E-state index contributed by atoms with van der Waals surface area (Å²) in [5.74, 6) is -0.679. The van der Waals surface area contributed by atoms with Crippen LogP contribution in [-0.4, -0.2) is 15.8 Å². The Morgan fingerprint density at radius 2 is 2.18 bits per heavy atom. The van der Waals surface area contributed by atoms with Crippen LogP contribution in [0.2, 0.25) is 0 Å². The molecular formula is C13H16N2O2. The zero-order valence-electron chi connectivity index (χ0n) is 9.76. The van der Waals surface area contributed by atoms with Crippen LogP contribution in [0, 0.1) is 0 Å². The number of para-hydroxylation sites is 1. The third-order valence-electron chi connectivity index (χ3n) is 3.02. The van der Waals surface area contributed by atoms with Gasteiger partial charge in [-0.05, 0) is 18.1 Å². The minimum Gasteiger partial charge on any atom is -0.428 e. The van der Waals surface area contributed by atoms with E-state index < -0.39 is 0 Å². The lowest BCUT2D eigenvalue weighted by Crippen LogP contribution is -2.21. The van der Waals surface area contributed by atoms with Gasteiger partial charge in [0.2, 0.25) is 5.91 Å². The van der Waals surface area contributed by atoms with Gasteiger partial charge in [0, 0.05) is 11.6 Å². The molecule has 0 bridgehead atoms. The van der Waals surface area contributed by atoms with Crippen molar-refractivity contribution in [3.8, 4) is 0 Å². The molecule has 0 radical (unpaired) electrons. The number of fused-ring (bicyclic) bond motifs is 1. The van der Waals surface area contributed by atoms with E-state index in [0.29, 0.717) is 11.9 Å². The highest BCUT2D eigenvalue weighted by molar-refractivity contribution is 5.91. The Morgan fingerprint density at radius 1 is 1.47 bits per heavy atom. The summed E-state index contributed by atoms with van der Waals surface area (Å²) in [5.41, 5.74) is 6.93. The second-order valence-corrected chi connectivity index (χ2v) is 4.19. The lowest BCUT2D eigenvalue weighted by Gasteiger charge is -2.10. The molecule has 4 heteroatoms. The lowest BCUT2D eigenvalue weighted by atomic mass is 9.93. The van der Waals surface area contributed by atoms with Gasteiger partial charge in [-0.1, -0.05) is 31.5 Å². The van der Waals surface area contributed by atoms with Crippen LogP contribution in [0.4, 0.5) is 0 Å². The monoisotopic (exact) mass is 232 g/mol. The quantitative estimate of drug-likeness (QED) is 0.794. The van der Waals surface area contributed by atoms with E-state index in [9.17, 15) is 10.0 Å². The van der Waals surface area contributed by atoms with Gasteiger partial charge >= 0.3 is 0 Å². The van der Waals surface area contributed by atoms with Crippen LogP contribution >= 0.6 is 0 Å². The number of primary amides is 1. The molecule has 1 unspecified atom stereocenters. The Balaban J connectivity index is 2.57. The van der Waals surface area contributed by atoms with Gasteiger partial charge in [-0.15, -0.1) is 0 Å². The highest BCUT2D eigenvalue weighted by Crippen LogP contribution is 2.29. The van der Waals surface area contributed by atoms with E-state index in [1.807, 2.05) is 31.2 Å². The second kappa shape index (κ2) is 4.49. The predicted molar refractivity (Wildman–Crippen MR) is 66.0 cm³/mol. The molecule has 1 amide bonds. The SMILES string of the molecule is CCCC(C(N)=O)c1cn(O)c2ccccc12. The third kappa shape index (κ3) is 1.98. The van der Waals surface area contributed by atoms with Gasteiger partial charge in [0.15, 0.2) is 0 Å². The first-order valence-electron chi connectivity index (χ1n) is 5.73. The van der Waals surface area contributed by atoms with Crippen LogP contribution in [0.3, 0.4) is 0 Å². The maximum Gasteiger partial charge on any atom is 0.225 e. The van der Waals surface area contributed by atoms with Crippen LogP contribution in [0.5, 0.6) is 0 Å². The summed E-state index contributed by atoms with van der Waals surface area (Å²) >= 11 is 0. The Labute approximate surface area is 99.6 Å². The number of benzene rings is 1. The van der Waals surface area contributed by atoms with Crippen LogP contribution in [-0.2, 0) is 4.79 Å². The molecule has 3 N–H and O–H groups in total. The highest BCUT2D eigenvalue weighted by Gasteiger charge is 2.21. The van der Waals surface area contributed by atoms with Crippen LogP contribution in [0.1, 0.15) is 31.2 Å². The third-order valence-corrected chi connectivity index (χ3v) is 3.02. The Kier molecular flexibility index (Phi) is 3.04. The van der Waals surface area contributed by atoms with Gasteiger partial charge in [0.25, 0.3) is 0 Å². The summed E-state index contributed by atoms with van der Waals surface area (Å²) in [5, 5.41) is 10.6. The molecule has 1 aromatic carbocycles. The molecule has 2 rings (SSSR count). The summed E-state index contributed by atoms with van der Waals surface area (Å²) in [4.78, 5) is 11.5. The predicted octanol–water partition coefficient (Wildman–Crippen LogP) is 2.25. The molecule has 1 atom stereocenters. The fourth-order valence-electron chi connectivity index (χ4n) is 2.21. The van der Waals surface area contributed by atoms with E-state index in [4.69, 9.17) is 5.73 Å². The summed E-state index contributed by atoms with van der Waals surface area (Å²) in [7, 11) is 0. The van der Waals surface area contributed by atoms with Gasteiger partial charge < -0.3 is 10.9 Å². The topological polar surface area (TPSA) is 68.2 Å². The molecule has 0 aliphatic heterocycles. The van der Waals surface area contributed by atoms with Crippen molar-refractivity contribution in [2.75, 3.05) is 0 Å². The number of nitrogens with two attached hydrogens (primary N) is 1. The standard InChI is InChI=1S/C13H16N2O2/c1-2-5-10(13(14)16)11-8-15(17)12-7-4-3-6-9(11)12/h3-4,6-8,10,17H,2,5H2,1H3,(H2,14,16). The summed E-state index contributed by atoms with van der Waals surface area (Å²) in [6.07, 6.45) is 3.15. The highest BCUT2D eigenvalue weighted by atomic mass is 16.5. The van der Waals surface area contributed by atoms with Crippen molar-refractivity contribution in [3.63, 3.8) is 0 Å². The number of hydrogen-bond acceptors (Lipinski definition) is 2. The summed E-state index contributed by atoms with van der Waals surface area (Å²) in [6, 6.07) is 7.43. The fourth-order valence-corrected chi connectivity index (χ4v) is 2.21. The second-order valence-electron chi connectivity index (χ2n) is 4.19. The van der Waals surface area contributed by atoms with E-state index in [-0.39, 0.29) is 11.8 Å². The molecule has 0 aliphatic carbocycles. The zero-order valence-corrected chi connectivity index (χ0v) is 9.76. The van der Waals surface area contributed by atoms with Crippen molar-refractivity contribution in [2.45, 2.75) is 25.7 Å². The average Bonchev–Trinajstić information content (AvgIpc) is 2.64. The van der Waals surface area contributed by atoms with E-state index >= 15 is 0 Å². The Hall–Kier alpha value is -1.97. The number of aromatic nitrogens is 1. The first kappa shape index (κ1) is 11.5.